The fourth-order valence-electron chi connectivity index (χ4n) is 5.63. The molecule has 1 aliphatic heterocycles. The molecule has 0 radical (unpaired) electrons. The van der Waals surface area contributed by atoms with E-state index in [1.807, 2.05) is 30.3 Å². The predicted molar refractivity (Wildman–Crippen MR) is 176 cm³/mol. The van der Waals surface area contributed by atoms with Crippen molar-refractivity contribution in [3.05, 3.63) is 82.6 Å². The summed E-state index contributed by atoms with van der Waals surface area (Å²) >= 11 is 1.12. The van der Waals surface area contributed by atoms with Crippen LogP contribution in [-0.4, -0.2) is 89.2 Å². The Morgan fingerprint density at radius 1 is 0.904 bits per heavy atom. The van der Waals surface area contributed by atoms with Gasteiger partial charge in [0.1, 0.15) is 18.2 Å². The van der Waals surface area contributed by atoms with Crippen molar-refractivity contribution in [2.24, 2.45) is 0 Å². The SMILES string of the molecule is CC(=O)N[C@H]1[C@H]([C@H](O)[C@H](O)CNC(=O)c2ccc(-c3ccccc3)cc2)O[C@@](OCCCCCC(=O)[O-])(C(=O)[O-])C[C@@H]1NC(=O)c1cccs1.[Na+].[Na+]. The van der Waals surface area contributed by atoms with Crippen molar-refractivity contribution in [2.75, 3.05) is 13.2 Å². The molecule has 0 unspecified atom stereocenters. The van der Waals surface area contributed by atoms with Crippen molar-refractivity contribution in [2.45, 2.75) is 75.2 Å². The van der Waals surface area contributed by atoms with Crippen LogP contribution in [0.25, 0.3) is 11.1 Å². The number of benzene rings is 2. The summed E-state index contributed by atoms with van der Waals surface area (Å²) < 4.78 is 11.5. The average molecular weight is 756 g/mol. The van der Waals surface area contributed by atoms with E-state index in [9.17, 15) is 44.4 Å². The molecule has 5 N–H and O–H groups in total. The normalized spacial score (nSPS) is 20.6. The Balaban J connectivity index is 0.00000468. The molecule has 17 heteroatoms. The molecule has 6 atom stereocenters. The molecule has 52 heavy (non-hydrogen) atoms. The summed E-state index contributed by atoms with van der Waals surface area (Å²) in [5.41, 5.74) is 2.11. The van der Waals surface area contributed by atoms with Gasteiger partial charge in [-0.3, -0.25) is 14.4 Å². The van der Waals surface area contributed by atoms with E-state index in [-0.39, 0.29) is 95.4 Å². The Kier molecular flexibility index (Phi) is 19.1. The van der Waals surface area contributed by atoms with E-state index < -0.39 is 78.8 Å². The van der Waals surface area contributed by atoms with E-state index in [0.717, 1.165) is 22.5 Å². The standard InChI is InChI=1S/C35H41N3O11S.2Na/c1-21(39)37-29-25(38-33(45)27-11-8-18-50-27)19-35(34(46)47,48-17-7-3-6-12-28(41)42)49-31(29)30(43)26(40)20-36-32(44)24-15-13-23(14-16-24)22-9-4-2-5-10-22;;/h2,4-5,8-11,13-16,18,25-26,29-31,40,43H,3,6-7,12,17,19-20H2,1H3,(H,36,44)(H,37,39)(H,38,45)(H,41,42)(H,46,47);;/q;2*+1/p-2/t25-,26+,29+,30+,31+,35+;;/m0../s1. The summed E-state index contributed by atoms with van der Waals surface area (Å²) in [7, 11) is 0. The van der Waals surface area contributed by atoms with Crippen LogP contribution in [0.3, 0.4) is 0 Å². The minimum atomic E-state index is -2.56. The number of aliphatic carboxylic acids is 2. The van der Waals surface area contributed by atoms with E-state index in [0.29, 0.717) is 6.42 Å². The summed E-state index contributed by atoms with van der Waals surface area (Å²) in [6.07, 6.45) is -5.31. The first-order valence-corrected chi connectivity index (χ1v) is 16.9. The van der Waals surface area contributed by atoms with Crippen molar-refractivity contribution in [1.29, 1.82) is 0 Å². The third-order valence-corrected chi connectivity index (χ3v) is 9.03. The van der Waals surface area contributed by atoms with Gasteiger partial charge in [-0.15, -0.1) is 11.3 Å². The number of aliphatic hydroxyl groups is 2. The van der Waals surface area contributed by atoms with Crippen LogP contribution in [0.2, 0.25) is 0 Å². The molecule has 1 aliphatic rings. The minimum absolute atomic E-state index is 0. The van der Waals surface area contributed by atoms with E-state index >= 15 is 0 Å². The van der Waals surface area contributed by atoms with Crippen LogP contribution in [-0.2, 0) is 23.9 Å². The van der Waals surface area contributed by atoms with Gasteiger partial charge in [0.2, 0.25) is 11.7 Å². The van der Waals surface area contributed by atoms with E-state index in [2.05, 4.69) is 16.0 Å². The van der Waals surface area contributed by atoms with Gasteiger partial charge in [-0.2, -0.15) is 0 Å². The zero-order chi connectivity index (χ0) is 36.3. The van der Waals surface area contributed by atoms with Crippen LogP contribution in [0, 0.1) is 0 Å². The first-order chi connectivity index (χ1) is 23.9. The van der Waals surface area contributed by atoms with E-state index in [1.54, 1.807) is 35.7 Å². The summed E-state index contributed by atoms with van der Waals surface area (Å²) in [4.78, 5) is 62.1. The predicted octanol–water partition coefficient (Wildman–Crippen LogP) is -6.26. The maximum absolute atomic E-state index is 13.1. The number of unbranched alkanes of at least 4 members (excludes halogenated alkanes) is 2. The van der Waals surface area contributed by atoms with Gasteiger partial charge in [-0.05, 0) is 54.0 Å². The number of hydrogen-bond donors (Lipinski definition) is 5. The largest absolute Gasteiger partial charge is 1.00 e. The Morgan fingerprint density at radius 2 is 1.58 bits per heavy atom. The van der Waals surface area contributed by atoms with Gasteiger partial charge in [-0.25, -0.2) is 0 Å². The van der Waals surface area contributed by atoms with Crippen molar-refractivity contribution < 1.29 is 113 Å². The van der Waals surface area contributed by atoms with E-state index in [1.165, 1.54) is 13.0 Å². The third-order valence-electron chi connectivity index (χ3n) is 8.16. The molecule has 3 amide bonds. The summed E-state index contributed by atoms with van der Waals surface area (Å²) in [5.74, 6) is -7.41. The number of amides is 3. The first-order valence-electron chi connectivity index (χ1n) is 16.0. The number of rotatable bonds is 17. The molecule has 268 valence electrons. The van der Waals surface area contributed by atoms with Crippen molar-refractivity contribution >= 4 is 41.0 Å². The summed E-state index contributed by atoms with van der Waals surface area (Å²) in [6.45, 7) is 0.434. The second-order valence-corrected chi connectivity index (χ2v) is 12.8. The minimum Gasteiger partial charge on any atom is -0.550 e. The molecular weight excluding hydrogens is 716 g/mol. The smallest absolute Gasteiger partial charge is 0.550 e. The fourth-order valence-corrected chi connectivity index (χ4v) is 6.25. The van der Waals surface area contributed by atoms with Crippen molar-refractivity contribution in [3.8, 4) is 11.1 Å². The molecule has 14 nitrogen and oxygen atoms in total. The molecule has 2 aromatic carbocycles. The van der Waals surface area contributed by atoms with Crippen molar-refractivity contribution in [3.63, 3.8) is 0 Å². The molecule has 0 aliphatic carbocycles. The molecule has 0 saturated carbocycles. The van der Waals surface area contributed by atoms with Gasteiger partial charge < -0.3 is 55.4 Å². The van der Waals surface area contributed by atoms with Gasteiger partial charge in [-0.1, -0.05) is 55.0 Å². The number of carbonyl (C=O) groups is 5. The van der Waals surface area contributed by atoms with Crippen LogP contribution in [0.4, 0.5) is 0 Å². The number of ether oxygens (including phenoxy) is 2. The quantitative estimate of drug-likeness (QED) is 0.0644. The van der Waals surface area contributed by atoms with Crippen molar-refractivity contribution in [1.82, 2.24) is 16.0 Å². The fraction of sp³-hybridized carbons (Fsp3) is 0.400. The van der Waals surface area contributed by atoms with Gasteiger partial charge in [0.05, 0.1) is 29.7 Å². The van der Waals surface area contributed by atoms with Gasteiger partial charge in [0, 0.05) is 31.4 Å². The van der Waals surface area contributed by atoms with Gasteiger partial charge in [0.25, 0.3) is 11.8 Å². The second-order valence-electron chi connectivity index (χ2n) is 11.9. The number of nitrogens with one attached hydrogen (secondary N) is 3. The number of thiophene rings is 1. The number of carbonyl (C=O) groups excluding carboxylic acids is 5. The maximum Gasteiger partial charge on any atom is 1.00 e. The molecule has 1 fully saturated rings. The monoisotopic (exact) mass is 755 g/mol. The number of hydrogen-bond acceptors (Lipinski definition) is 12. The first kappa shape index (κ1) is 45.5. The number of aliphatic hydroxyl groups excluding tert-OH is 2. The van der Waals surface area contributed by atoms with Crippen LogP contribution >= 0.6 is 11.3 Å². The molecule has 1 saturated heterocycles. The zero-order valence-electron chi connectivity index (χ0n) is 29.2. The summed E-state index contributed by atoms with van der Waals surface area (Å²) in [6, 6.07) is 16.9. The van der Waals surface area contributed by atoms with Crippen LogP contribution in [0.5, 0.6) is 0 Å². The zero-order valence-corrected chi connectivity index (χ0v) is 34.1. The molecule has 0 bridgehead atoms. The Hall–Kier alpha value is -2.67. The molecule has 2 heterocycles. The molecule has 3 aromatic rings. The van der Waals surface area contributed by atoms with Gasteiger partial charge >= 0.3 is 59.1 Å². The van der Waals surface area contributed by atoms with Crippen LogP contribution < -0.4 is 85.3 Å². The van der Waals surface area contributed by atoms with Gasteiger partial charge in [0.15, 0.2) is 0 Å². The van der Waals surface area contributed by atoms with Crippen LogP contribution in [0.1, 0.15) is 59.1 Å². The second kappa shape index (κ2) is 21.9. The molecule has 0 spiro atoms. The Bertz CT molecular complexity index is 1620. The Labute approximate surface area is 349 Å². The Morgan fingerprint density at radius 3 is 2.17 bits per heavy atom. The summed E-state index contributed by atoms with van der Waals surface area (Å²) in [5, 5.41) is 55.3. The number of carboxylic acid groups (broad SMARTS) is 2. The molecule has 4 rings (SSSR count). The average Bonchev–Trinajstić information content (AvgIpc) is 3.65. The number of carboxylic acids is 2. The molecule has 1 aromatic heterocycles. The van der Waals surface area contributed by atoms with E-state index in [4.69, 9.17) is 9.47 Å². The maximum atomic E-state index is 13.1. The van der Waals surface area contributed by atoms with Crippen LogP contribution in [0.15, 0.2) is 72.1 Å². The topological polar surface area (TPSA) is 226 Å². The molecular formula is C35H39N3Na2O11S. The third kappa shape index (κ3) is 12.7.